The molecule has 16 aromatic carbocycles. The highest BCUT2D eigenvalue weighted by Gasteiger charge is 2.21. The zero-order valence-electron chi connectivity index (χ0n) is 61.6. The summed E-state index contributed by atoms with van der Waals surface area (Å²) in [5.74, 6) is 0. The van der Waals surface area contributed by atoms with E-state index in [0.717, 1.165) is 182 Å². The standard InChI is InChI=1S/C102H69N9S3/c1-7-19-82(20-8-1)109(83-21-9-2-10-22-83)88-55-49-79(50-56-88)94-64-61-91(97-100(94)112-106-103-97)76-43-37-70(38-44-76)31-34-73-67-74(35-32-71-39-45-77(46-40-71)92-62-65-95(101-98(92)104-107-113-101)80-51-57-89(58-52-80)110(84-23-11-3-12-24-84)85-25-13-4-14-26-85)69-75(68-73)36-33-72-41-47-78(48-42-72)93-63-66-96(102-99(93)105-108-114-102)81-53-59-90(60-54-81)111(86-27-15-5-16-28-86)87-29-17-6-18-30-87/h1-69H/b34-31+,35-32+,36-33+. The maximum atomic E-state index is 4.72. The number of rotatable bonds is 21. The molecule has 19 rings (SSSR count). The fourth-order valence-corrected chi connectivity index (χ4v) is 17.2. The normalized spacial score (nSPS) is 11.6. The Kier molecular flexibility index (Phi) is 19.6. The Morgan fingerprint density at radius 2 is 0.360 bits per heavy atom. The molecule has 0 N–H and O–H groups in total. The fourth-order valence-electron chi connectivity index (χ4n) is 15.0. The van der Waals surface area contributed by atoms with Crippen molar-refractivity contribution in [1.29, 1.82) is 0 Å². The number of hydrogen-bond acceptors (Lipinski definition) is 12. The number of para-hydroxylation sites is 6. The molecule has 9 nitrogen and oxygen atoms in total. The molecule has 3 heterocycles. The van der Waals surface area contributed by atoms with Gasteiger partial charge in [0, 0.05) is 84.6 Å². The van der Waals surface area contributed by atoms with Crippen molar-refractivity contribution in [3.63, 3.8) is 0 Å². The predicted molar refractivity (Wildman–Crippen MR) is 482 cm³/mol. The molecule has 114 heavy (non-hydrogen) atoms. The largest absolute Gasteiger partial charge is 0.311 e. The minimum Gasteiger partial charge on any atom is -0.311 e. The number of aromatic nitrogens is 6. The van der Waals surface area contributed by atoms with Crippen LogP contribution in [0.5, 0.6) is 0 Å². The Morgan fingerprint density at radius 3 is 0.588 bits per heavy atom. The molecule has 3 aromatic heterocycles. The smallest absolute Gasteiger partial charge is 0.114 e. The molecule has 19 aromatic rings. The lowest BCUT2D eigenvalue weighted by Gasteiger charge is -2.25. The SMILES string of the molecule is C(=C\c1cc(/C=C/c2ccc(-c3ccc(-c4ccc(N(c5ccccc5)c5ccccc5)cc4)c4snnc34)cc2)cc(/C=C/c2ccc(-c3ccc(-c4ccc(N(c5ccccc5)c5ccccc5)cc4)c4snnc34)cc2)c1)/c1ccc(-c2ccc(-c3ccc(N(c4ccccc4)c4ccccc4)cc3)c3snnc23)cc1. The van der Waals surface area contributed by atoms with Gasteiger partial charge in [-0.05, 0) is 229 Å². The van der Waals surface area contributed by atoms with E-state index in [9.17, 15) is 0 Å². The molecule has 540 valence electrons. The average molecular weight is 1520 g/mol. The van der Waals surface area contributed by atoms with Crippen LogP contribution in [0, 0.1) is 0 Å². The summed E-state index contributed by atoms with van der Waals surface area (Å²) in [7, 11) is 0. The molecule has 0 aliphatic carbocycles. The molecular formula is C102H69N9S3. The molecule has 0 bridgehead atoms. The van der Waals surface area contributed by atoms with Crippen molar-refractivity contribution >= 4 is 153 Å². The van der Waals surface area contributed by atoms with E-state index in [-0.39, 0.29) is 0 Å². The zero-order chi connectivity index (χ0) is 75.9. The third-order valence-electron chi connectivity index (χ3n) is 20.7. The first kappa shape index (κ1) is 70.0. The van der Waals surface area contributed by atoms with Crippen LogP contribution in [-0.2, 0) is 0 Å². The number of benzene rings is 16. The summed E-state index contributed by atoms with van der Waals surface area (Å²) < 4.78 is 16.7. The lowest BCUT2D eigenvalue weighted by atomic mass is 9.97. The summed E-state index contributed by atoms with van der Waals surface area (Å²) >= 11 is 4.30. The van der Waals surface area contributed by atoms with Crippen molar-refractivity contribution in [2.45, 2.75) is 0 Å². The monoisotopic (exact) mass is 1520 g/mol. The summed E-state index contributed by atoms with van der Waals surface area (Å²) in [6.07, 6.45) is 13.2. The summed E-state index contributed by atoms with van der Waals surface area (Å²) in [5.41, 5.74) is 31.9. The van der Waals surface area contributed by atoms with Crippen LogP contribution in [0.3, 0.4) is 0 Å². The molecule has 0 aliphatic heterocycles. The predicted octanol–water partition coefficient (Wildman–Crippen LogP) is 28.6. The van der Waals surface area contributed by atoms with E-state index in [1.165, 1.54) is 34.6 Å². The first-order valence-electron chi connectivity index (χ1n) is 37.8. The minimum absolute atomic E-state index is 0.890. The Bertz CT molecular complexity index is 5880. The van der Waals surface area contributed by atoms with Gasteiger partial charge in [-0.3, -0.25) is 0 Å². The zero-order valence-corrected chi connectivity index (χ0v) is 64.0. The van der Waals surface area contributed by atoms with Gasteiger partial charge in [0.25, 0.3) is 0 Å². The van der Waals surface area contributed by atoms with Gasteiger partial charge in [0.2, 0.25) is 0 Å². The first-order chi connectivity index (χ1) is 56.5. The van der Waals surface area contributed by atoms with Gasteiger partial charge in [-0.2, -0.15) is 0 Å². The molecule has 0 unspecified atom stereocenters. The van der Waals surface area contributed by atoms with Crippen molar-refractivity contribution in [1.82, 2.24) is 28.8 Å². The van der Waals surface area contributed by atoms with Gasteiger partial charge < -0.3 is 14.7 Å². The van der Waals surface area contributed by atoms with Gasteiger partial charge in [0.15, 0.2) is 0 Å². The second kappa shape index (κ2) is 31.9. The van der Waals surface area contributed by atoms with Crippen molar-refractivity contribution in [2.75, 3.05) is 14.7 Å². The highest BCUT2D eigenvalue weighted by Crippen LogP contribution is 2.45. The van der Waals surface area contributed by atoms with Crippen LogP contribution in [-0.4, -0.2) is 28.8 Å². The van der Waals surface area contributed by atoms with E-state index in [4.69, 9.17) is 15.3 Å². The third kappa shape index (κ3) is 14.6. The number of anilines is 9. The number of nitrogens with zero attached hydrogens (tertiary/aromatic N) is 9. The van der Waals surface area contributed by atoms with Crippen LogP contribution in [0.4, 0.5) is 51.2 Å². The van der Waals surface area contributed by atoms with E-state index in [2.05, 4.69) is 447 Å². The summed E-state index contributed by atoms with van der Waals surface area (Å²) in [6, 6.07) is 135. The molecule has 0 aliphatic rings. The molecular weight excluding hydrogens is 1450 g/mol. The summed E-state index contributed by atoms with van der Waals surface area (Å²) in [4.78, 5) is 6.84. The van der Waals surface area contributed by atoms with Crippen molar-refractivity contribution in [3.8, 4) is 66.8 Å². The lowest BCUT2D eigenvalue weighted by Crippen LogP contribution is -2.09. The molecule has 0 amide bonds. The summed E-state index contributed by atoms with van der Waals surface area (Å²) in [5, 5.41) is 14.2. The van der Waals surface area contributed by atoms with E-state index in [1.807, 2.05) is 0 Å². The van der Waals surface area contributed by atoms with Gasteiger partial charge in [-0.1, -0.05) is 305 Å². The molecule has 0 spiro atoms. The number of fused-ring (bicyclic) bond motifs is 3. The van der Waals surface area contributed by atoms with Crippen molar-refractivity contribution in [2.24, 2.45) is 0 Å². The van der Waals surface area contributed by atoms with Gasteiger partial charge >= 0.3 is 0 Å². The molecule has 0 fully saturated rings. The van der Waals surface area contributed by atoms with Crippen molar-refractivity contribution < 1.29 is 0 Å². The quantitative estimate of drug-likeness (QED) is 0.0653. The molecule has 0 saturated heterocycles. The van der Waals surface area contributed by atoms with E-state index < -0.39 is 0 Å². The second-order valence-electron chi connectivity index (χ2n) is 27.8. The maximum Gasteiger partial charge on any atom is 0.114 e. The second-order valence-corrected chi connectivity index (χ2v) is 30.1. The van der Waals surface area contributed by atoms with Gasteiger partial charge in [-0.25, -0.2) is 0 Å². The topological polar surface area (TPSA) is 87.1 Å². The van der Waals surface area contributed by atoms with Crippen LogP contribution < -0.4 is 14.7 Å². The van der Waals surface area contributed by atoms with Crippen LogP contribution >= 0.6 is 34.6 Å². The van der Waals surface area contributed by atoms with Gasteiger partial charge in [0.1, 0.15) is 16.6 Å². The third-order valence-corrected chi connectivity index (χ3v) is 23.0. The van der Waals surface area contributed by atoms with Gasteiger partial charge in [-0.15, -0.1) is 15.3 Å². The Morgan fingerprint density at radius 1 is 0.175 bits per heavy atom. The molecule has 0 saturated carbocycles. The van der Waals surface area contributed by atoms with E-state index in [0.29, 0.717) is 0 Å². The highest BCUT2D eigenvalue weighted by molar-refractivity contribution is 7.14. The van der Waals surface area contributed by atoms with Crippen LogP contribution in [0.25, 0.3) is 134 Å². The lowest BCUT2D eigenvalue weighted by molar-refractivity contribution is 1.20. The molecule has 0 atom stereocenters. The Hall–Kier alpha value is -14.4. The van der Waals surface area contributed by atoms with Crippen LogP contribution in [0.1, 0.15) is 33.4 Å². The average Bonchev–Trinajstić information content (AvgIpc) is 1.52. The molecule has 0 radical (unpaired) electrons. The molecule has 12 heteroatoms. The first-order valence-corrected chi connectivity index (χ1v) is 40.1. The number of hydrogen-bond donors (Lipinski definition) is 0. The van der Waals surface area contributed by atoms with Crippen molar-refractivity contribution in [3.05, 3.63) is 416 Å². The van der Waals surface area contributed by atoms with E-state index in [1.54, 1.807) is 0 Å². The van der Waals surface area contributed by atoms with Gasteiger partial charge in [0.05, 0.1) is 14.1 Å². The Balaban J connectivity index is 0.585. The summed E-state index contributed by atoms with van der Waals surface area (Å²) in [6.45, 7) is 0. The maximum absolute atomic E-state index is 4.72. The highest BCUT2D eigenvalue weighted by atomic mass is 32.1. The minimum atomic E-state index is 0.890. The Labute approximate surface area is 673 Å². The van der Waals surface area contributed by atoms with Crippen LogP contribution in [0.15, 0.2) is 382 Å². The fraction of sp³-hybridized carbons (Fsp3) is 0. The van der Waals surface area contributed by atoms with Crippen LogP contribution in [0.2, 0.25) is 0 Å². The van der Waals surface area contributed by atoms with E-state index >= 15 is 0 Å².